The van der Waals surface area contributed by atoms with Crippen LogP contribution in [0.2, 0.25) is 0 Å². The number of sulfonamides is 1. The van der Waals surface area contributed by atoms with E-state index in [-0.39, 0.29) is 10.8 Å². The zero-order valence-corrected chi connectivity index (χ0v) is 20.4. The number of aliphatic carboxylic acids is 1. The highest BCUT2D eigenvalue weighted by Gasteiger charge is 2.38. The number of nitrogens with one attached hydrogen (secondary N) is 3. The Morgan fingerprint density at radius 1 is 1.11 bits per heavy atom. The molecule has 0 atom stereocenters. The zero-order valence-electron chi connectivity index (χ0n) is 19.6. The van der Waals surface area contributed by atoms with Crippen LogP contribution in [0.4, 0.5) is 24.5 Å². The molecule has 198 valence electrons. The van der Waals surface area contributed by atoms with Crippen LogP contribution in [-0.2, 0) is 14.8 Å². The maximum absolute atomic E-state index is 13.0. The molecule has 36 heavy (non-hydrogen) atoms. The van der Waals surface area contributed by atoms with E-state index in [1.807, 2.05) is 6.92 Å². The smallest absolute Gasteiger partial charge is 0.490 e. The summed E-state index contributed by atoms with van der Waals surface area (Å²) in [6.07, 6.45) is -5.08. The summed E-state index contributed by atoms with van der Waals surface area (Å²) in [5.74, 6) is -2.43. The molecule has 0 spiro atoms. The standard InChI is InChI=1S/C20H26N4O4S.C2HF3O2/c1-3-22-20(25)15-4-9-19(24-12-10-21-11-13-24)18(14-15)23-29(26,27)17-7-5-16(28-2)6-8-17;3-2(4,5)1(6)7/h4-9,14,21,23H,3,10-13H2,1-2H3,(H,22,25);(H,6,7). The van der Waals surface area contributed by atoms with Crippen molar-refractivity contribution < 1.29 is 41.0 Å². The third kappa shape index (κ3) is 8.02. The van der Waals surface area contributed by atoms with E-state index in [1.165, 1.54) is 19.2 Å². The Kier molecular flexibility index (Phi) is 9.93. The van der Waals surface area contributed by atoms with Gasteiger partial charge in [-0.3, -0.25) is 9.52 Å². The molecule has 0 unspecified atom stereocenters. The van der Waals surface area contributed by atoms with Gasteiger partial charge in [-0.2, -0.15) is 13.2 Å². The van der Waals surface area contributed by atoms with E-state index in [0.29, 0.717) is 23.5 Å². The van der Waals surface area contributed by atoms with Gasteiger partial charge in [-0.05, 0) is 49.4 Å². The Balaban J connectivity index is 0.000000572. The number of halogens is 3. The minimum atomic E-state index is -5.08. The second-order valence-electron chi connectivity index (χ2n) is 7.41. The van der Waals surface area contributed by atoms with E-state index in [4.69, 9.17) is 14.6 Å². The predicted molar refractivity (Wildman–Crippen MR) is 127 cm³/mol. The zero-order chi connectivity index (χ0) is 26.9. The Morgan fingerprint density at radius 3 is 2.19 bits per heavy atom. The van der Waals surface area contributed by atoms with Crippen LogP contribution in [0.5, 0.6) is 5.75 Å². The first-order chi connectivity index (χ1) is 16.9. The number of hydrogen-bond donors (Lipinski definition) is 4. The lowest BCUT2D eigenvalue weighted by Gasteiger charge is -2.31. The molecule has 0 saturated carbocycles. The number of carboxylic acid groups (broad SMARTS) is 1. The van der Waals surface area contributed by atoms with Crippen molar-refractivity contribution in [1.82, 2.24) is 10.6 Å². The summed E-state index contributed by atoms with van der Waals surface area (Å²) in [6, 6.07) is 11.3. The van der Waals surface area contributed by atoms with Crippen molar-refractivity contribution in [2.75, 3.05) is 49.5 Å². The van der Waals surface area contributed by atoms with Crippen LogP contribution in [0.3, 0.4) is 0 Å². The van der Waals surface area contributed by atoms with Crippen LogP contribution in [-0.4, -0.2) is 71.4 Å². The SMILES string of the molecule is CCNC(=O)c1ccc(N2CCNCC2)c(NS(=O)(=O)c2ccc(OC)cc2)c1.O=C(O)C(F)(F)F. The first-order valence-electron chi connectivity index (χ1n) is 10.7. The molecule has 0 bridgehead atoms. The fourth-order valence-corrected chi connectivity index (χ4v) is 4.23. The molecule has 14 heteroatoms. The highest BCUT2D eigenvalue weighted by atomic mass is 32.2. The van der Waals surface area contributed by atoms with Gasteiger partial charge in [0.15, 0.2) is 0 Å². The van der Waals surface area contributed by atoms with Crippen molar-refractivity contribution in [2.45, 2.75) is 18.0 Å². The van der Waals surface area contributed by atoms with Crippen LogP contribution in [0.1, 0.15) is 17.3 Å². The van der Waals surface area contributed by atoms with Crippen LogP contribution < -0.4 is 25.0 Å². The summed E-state index contributed by atoms with van der Waals surface area (Å²) in [4.78, 5) is 23.4. The molecule has 4 N–H and O–H groups in total. The summed E-state index contributed by atoms with van der Waals surface area (Å²) in [5, 5.41) is 13.1. The molecule has 2 aromatic carbocycles. The van der Waals surface area contributed by atoms with Crippen LogP contribution in [0, 0.1) is 0 Å². The highest BCUT2D eigenvalue weighted by Crippen LogP contribution is 2.30. The average molecular weight is 533 g/mol. The number of methoxy groups -OCH3 is 1. The summed E-state index contributed by atoms with van der Waals surface area (Å²) in [5.41, 5.74) is 1.53. The van der Waals surface area contributed by atoms with Gasteiger partial charge in [0.1, 0.15) is 5.75 Å². The second kappa shape index (κ2) is 12.4. The number of hydrogen-bond acceptors (Lipinski definition) is 7. The Labute approximate surface area is 206 Å². The van der Waals surface area contributed by atoms with Gasteiger partial charge in [0.2, 0.25) is 0 Å². The van der Waals surface area contributed by atoms with Crippen molar-refractivity contribution in [3.8, 4) is 5.75 Å². The number of ether oxygens (including phenoxy) is 1. The molecule has 0 aromatic heterocycles. The lowest BCUT2D eigenvalue weighted by molar-refractivity contribution is -0.192. The van der Waals surface area contributed by atoms with Gasteiger partial charge >= 0.3 is 12.1 Å². The number of amides is 1. The Bertz CT molecular complexity index is 1150. The number of anilines is 2. The maximum Gasteiger partial charge on any atom is 0.490 e. The maximum atomic E-state index is 13.0. The molecule has 1 aliphatic rings. The molecular formula is C22H27F3N4O6S. The van der Waals surface area contributed by atoms with E-state index in [9.17, 15) is 26.4 Å². The second-order valence-corrected chi connectivity index (χ2v) is 9.09. The fourth-order valence-electron chi connectivity index (χ4n) is 3.16. The van der Waals surface area contributed by atoms with E-state index < -0.39 is 22.2 Å². The molecule has 0 radical (unpaired) electrons. The van der Waals surface area contributed by atoms with Crippen LogP contribution in [0.15, 0.2) is 47.4 Å². The van der Waals surface area contributed by atoms with Gasteiger partial charge in [0.05, 0.1) is 23.4 Å². The molecule has 1 amide bonds. The molecule has 10 nitrogen and oxygen atoms in total. The molecule has 2 aromatic rings. The summed E-state index contributed by atoms with van der Waals surface area (Å²) >= 11 is 0. The number of carboxylic acids is 1. The minimum Gasteiger partial charge on any atom is -0.497 e. The summed E-state index contributed by atoms with van der Waals surface area (Å²) in [7, 11) is -2.31. The van der Waals surface area contributed by atoms with Crippen molar-refractivity contribution in [3.63, 3.8) is 0 Å². The number of benzene rings is 2. The molecule has 0 aliphatic carbocycles. The number of piperazine rings is 1. The van der Waals surface area contributed by atoms with E-state index in [0.717, 1.165) is 31.9 Å². The molecule has 1 heterocycles. The van der Waals surface area contributed by atoms with Gasteiger partial charge in [0.25, 0.3) is 15.9 Å². The number of carbonyl (C=O) groups excluding carboxylic acids is 1. The lowest BCUT2D eigenvalue weighted by atomic mass is 10.1. The largest absolute Gasteiger partial charge is 0.497 e. The molecule has 1 saturated heterocycles. The number of carbonyl (C=O) groups is 2. The molecule has 1 aliphatic heterocycles. The van der Waals surface area contributed by atoms with Crippen molar-refractivity contribution in [1.29, 1.82) is 0 Å². The van der Waals surface area contributed by atoms with E-state index >= 15 is 0 Å². The Morgan fingerprint density at radius 2 is 1.69 bits per heavy atom. The van der Waals surface area contributed by atoms with E-state index in [1.54, 1.807) is 30.3 Å². The molecular weight excluding hydrogens is 505 g/mol. The van der Waals surface area contributed by atoms with Crippen molar-refractivity contribution >= 4 is 33.3 Å². The van der Waals surface area contributed by atoms with Crippen molar-refractivity contribution in [2.24, 2.45) is 0 Å². The topological polar surface area (TPSA) is 137 Å². The number of rotatable bonds is 7. The minimum absolute atomic E-state index is 0.118. The third-order valence-electron chi connectivity index (χ3n) is 4.91. The van der Waals surface area contributed by atoms with Gasteiger partial charge in [0, 0.05) is 38.3 Å². The first kappa shape index (κ1) is 28.7. The normalized spacial score (nSPS) is 13.8. The highest BCUT2D eigenvalue weighted by molar-refractivity contribution is 7.92. The first-order valence-corrected chi connectivity index (χ1v) is 12.2. The fraction of sp³-hybridized carbons (Fsp3) is 0.364. The average Bonchev–Trinajstić information content (AvgIpc) is 2.84. The molecule has 3 rings (SSSR count). The van der Waals surface area contributed by atoms with Crippen molar-refractivity contribution in [3.05, 3.63) is 48.0 Å². The van der Waals surface area contributed by atoms with Gasteiger partial charge in [-0.15, -0.1) is 0 Å². The van der Waals surface area contributed by atoms with E-state index in [2.05, 4.69) is 20.3 Å². The van der Waals surface area contributed by atoms with Gasteiger partial charge < -0.3 is 25.4 Å². The Hall–Kier alpha value is -3.52. The predicted octanol–water partition coefficient (Wildman–Crippen LogP) is 2.29. The number of alkyl halides is 3. The third-order valence-corrected chi connectivity index (χ3v) is 6.29. The van der Waals surface area contributed by atoms with Crippen LogP contribution >= 0.6 is 0 Å². The van der Waals surface area contributed by atoms with Gasteiger partial charge in [-0.1, -0.05) is 0 Å². The molecule has 1 fully saturated rings. The summed E-state index contributed by atoms with van der Waals surface area (Å²) in [6.45, 7) is 5.44. The quantitative estimate of drug-likeness (QED) is 0.426. The lowest BCUT2D eigenvalue weighted by Crippen LogP contribution is -2.43. The monoisotopic (exact) mass is 532 g/mol. The van der Waals surface area contributed by atoms with Crippen LogP contribution in [0.25, 0.3) is 0 Å². The summed E-state index contributed by atoms with van der Waals surface area (Å²) < 4.78 is 65.4. The van der Waals surface area contributed by atoms with Gasteiger partial charge in [-0.25, -0.2) is 13.2 Å². The number of nitrogens with zero attached hydrogens (tertiary/aromatic N) is 1.